The molecule has 1 aromatic heterocycles. The second-order valence-corrected chi connectivity index (χ2v) is 7.84. The number of carbonyl (C=O) groups excluding carboxylic acids is 1. The Hall–Kier alpha value is -3.84. The third kappa shape index (κ3) is 4.43. The molecule has 0 saturated carbocycles. The molecule has 4 aromatic rings. The predicted molar refractivity (Wildman–Crippen MR) is 129 cm³/mol. The molecule has 1 N–H and O–H groups in total. The molecule has 1 heterocycles. The highest BCUT2D eigenvalue weighted by molar-refractivity contribution is 7.21. The summed E-state index contributed by atoms with van der Waals surface area (Å²) in [4.78, 5) is 17.4. The molecule has 0 aliphatic rings. The van der Waals surface area contributed by atoms with Gasteiger partial charge in [0.2, 0.25) is 11.7 Å². The van der Waals surface area contributed by atoms with E-state index in [1.165, 1.54) is 6.08 Å². The maximum absolute atomic E-state index is 12.7. The Morgan fingerprint density at radius 1 is 0.938 bits per heavy atom. The van der Waals surface area contributed by atoms with Gasteiger partial charge in [0.25, 0.3) is 0 Å². The lowest BCUT2D eigenvalue weighted by molar-refractivity contribution is -0.111. The SMILES string of the molecule is COc1cc(/C=C/C(=O)Nc2ccccc2-c2nc3ccccc3s2)cc(OC)c1OC. The molecule has 0 atom stereocenters. The molecule has 0 fully saturated rings. The number of fused-ring (bicyclic) bond motifs is 1. The molecule has 1 amide bonds. The van der Waals surface area contributed by atoms with E-state index in [1.54, 1.807) is 50.9 Å². The van der Waals surface area contributed by atoms with Crippen molar-refractivity contribution in [1.29, 1.82) is 0 Å². The number of thiazole rings is 1. The number of hydrogen-bond acceptors (Lipinski definition) is 6. The number of ether oxygens (including phenoxy) is 3. The van der Waals surface area contributed by atoms with Gasteiger partial charge in [0.1, 0.15) is 5.01 Å². The van der Waals surface area contributed by atoms with E-state index in [4.69, 9.17) is 19.2 Å². The number of para-hydroxylation sites is 2. The van der Waals surface area contributed by atoms with Gasteiger partial charge in [-0.3, -0.25) is 4.79 Å². The van der Waals surface area contributed by atoms with Crippen molar-refractivity contribution in [2.75, 3.05) is 26.6 Å². The third-order valence-electron chi connectivity index (χ3n) is 4.82. The zero-order valence-electron chi connectivity index (χ0n) is 17.9. The van der Waals surface area contributed by atoms with Crippen LogP contribution in [0.25, 0.3) is 26.9 Å². The summed E-state index contributed by atoms with van der Waals surface area (Å²) < 4.78 is 17.2. The first-order valence-electron chi connectivity index (χ1n) is 9.87. The summed E-state index contributed by atoms with van der Waals surface area (Å²) in [6.45, 7) is 0. The van der Waals surface area contributed by atoms with Gasteiger partial charge in [-0.15, -0.1) is 11.3 Å². The highest BCUT2D eigenvalue weighted by Gasteiger charge is 2.13. The van der Waals surface area contributed by atoms with Crippen molar-refractivity contribution in [1.82, 2.24) is 4.98 Å². The van der Waals surface area contributed by atoms with Crippen LogP contribution in [0.15, 0.2) is 66.7 Å². The van der Waals surface area contributed by atoms with Gasteiger partial charge >= 0.3 is 0 Å². The van der Waals surface area contributed by atoms with Crippen LogP contribution >= 0.6 is 11.3 Å². The summed E-state index contributed by atoms with van der Waals surface area (Å²) in [5, 5.41) is 3.81. The van der Waals surface area contributed by atoms with E-state index in [0.717, 1.165) is 26.4 Å². The number of nitrogens with zero attached hydrogens (tertiary/aromatic N) is 1. The lowest BCUT2D eigenvalue weighted by Gasteiger charge is -2.12. The monoisotopic (exact) mass is 446 g/mol. The van der Waals surface area contributed by atoms with Crippen LogP contribution in [-0.4, -0.2) is 32.2 Å². The lowest BCUT2D eigenvalue weighted by Crippen LogP contribution is -2.08. The number of aromatic nitrogens is 1. The summed E-state index contributed by atoms with van der Waals surface area (Å²) >= 11 is 1.59. The molecule has 0 bridgehead atoms. The van der Waals surface area contributed by atoms with Crippen molar-refractivity contribution in [3.05, 3.63) is 72.3 Å². The molecule has 162 valence electrons. The van der Waals surface area contributed by atoms with E-state index in [1.807, 2.05) is 48.5 Å². The molecule has 0 aliphatic carbocycles. The van der Waals surface area contributed by atoms with E-state index < -0.39 is 0 Å². The number of rotatable bonds is 7. The smallest absolute Gasteiger partial charge is 0.248 e. The van der Waals surface area contributed by atoms with Crippen molar-refractivity contribution >= 4 is 39.2 Å². The Balaban J connectivity index is 1.57. The van der Waals surface area contributed by atoms with Crippen molar-refractivity contribution in [3.63, 3.8) is 0 Å². The van der Waals surface area contributed by atoms with Crippen LogP contribution < -0.4 is 19.5 Å². The van der Waals surface area contributed by atoms with Gasteiger partial charge in [-0.1, -0.05) is 24.3 Å². The molecule has 32 heavy (non-hydrogen) atoms. The predicted octanol–water partition coefficient (Wildman–Crippen LogP) is 5.64. The fourth-order valence-electron chi connectivity index (χ4n) is 3.31. The van der Waals surface area contributed by atoms with Crippen molar-refractivity contribution in [2.24, 2.45) is 0 Å². The molecule has 0 radical (unpaired) electrons. The molecule has 6 nitrogen and oxygen atoms in total. The number of benzene rings is 3. The zero-order valence-corrected chi connectivity index (χ0v) is 18.7. The average Bonchev–Trinajstić information content (AvgIpc) is 3.26. The van der Waals surface area contributed by atoms with E-state index in [2.05, 4.69) is 5.32 Å². The second kappa shape index (κ2) is 9.53. The number of hydrogen-bond donors (Lipinski definition) is 1. The topological polar surface area (TPSA) is 69.7 Å². The number of anilines is 1. The Kier molecular flexibility index (Phi) is 6.37. The number of amides is 1. The van der Waals surface area contributed by atoms with Gasteiger partial charge in [0, 0.05) is 11.6 Å². The summed E-state index contributed by atoms with van der Waals surface area (Å²) in [5.74, 6) is 1.29. The fourth-order valence-corrected chi connectivity index (χ4v) is 4.32. The maximum atomic E-state index is 12.7. The Morgan fingerprint density at radius 2 is 1.62 bits per heavy atom. The van der Waals surface area contributed by atoms with Crippen LogP contribution in [0, 0.1) is 0 Å². The number of methoxy groups -OCH3 is 3. The van der Waals surface area contributed by atoms with E-state index in [-0.39, 0.29) is 5.91 Å². The molecular weight excluding hydrogens is 424 g/mol. The number of carbonyl (C=O) groups is 1. The molecule has 0 spiro atoms. The summed E-state index contributed by atoms with van der Waals surface area (Å²) in [5.41, 5.74) is 3.26. The number of nitrogens with one attached hydrogen (secondary N) is 1. The third-order valence-corrected chi connectivity index (χ3v) is 5.89. The van der Waals surface area contributed by atoms with Gasteiger partial charge in [-0.2, -0.15) is 0 Å². The summed E-state index contributed by atoms with van der Waals surface area (Å²) in [6, 6.07) is 19.2. The minimum Gasteiger partial charge on any atom is -0.493 e. The zero-order chi connectivity index (χ0) is 22.5. The van der Waals surface area contributed by atoms with Crippen LogP contribution in [0.4, 0.5) is 5.69 Å². The highest BCUT2D eigenvalue weighted by Crippen LogP contribution is 2.38. The molecular formula is C25H22N2O4S. The highest BCUT2D eigenvalue weighted by atomic mass is 32.1. The maximum Gasteiger partial charge on any atom is 0.248 e. The van der Waals surface area contributed by atoms with Gasteiger partial charge in [-0.25, -0.2) is 4.98 Å². The van der Waals surface area contributed by atoms with Crippen LogP contribution in [0.3, 0.4) is 0 Å². The average molecular weight is 447 g/mol. The standard InChI is InChI=1S/C25H22N2O4S/c1-29-20-14-16(15-21(30-2)24(20)31-3)12-13-23(28)26-18-9-5-4-8-17(18)25-27-19-10-6-7-11-22(19)32-25/h4-15H,1-3H3,(H,26,28)/b13-12+. The largest absolute Gasteiger partial charge is 0.493 e. The summed E-state index contributed by atoms with van der Waals surface area (Å²) in [6.07, 6.45) is 3.16. The quantitative estimate of drug-likeness (QED) is 0.372. The van der Waals surface area contributed by atoms with E-state index in [0.29, 0.717) is 22.9 Å². The Bertz CT molecular complexity index is 1240. The first-order valence-corrected chi connectivity index (χ1v) is 10.7. The molecule has 4 rings (SSSR count). The first-order chi connectivity index (χ1) is 15.6. The minimum absolute atomic E-state index is 0.257. The lowest BCUT2D eigenvalue weighted by atomic mass is 10.1. The van der Waals surface area contributed by atoms with Gasteiger partial charge in [0.15, 0.2) is 11.5 Å². The normalized spacial score (nSPS) is 11.0. The van der Waals surface area contributed by atoms with Crippen LogP contribution in [0.5, 0.6) is 17.2 Å². The van der Waals surface area contributed by atoms with Gasteiger partial charge in [0.05, 0.1) is 37.2 Å². The van der Waals surface area contributed by atoms with Gasteiger partial charge in [-0.05, 0) is 48.0 Å². The Morgan fingerprint density at radius 3 is 2.31 bits per heavy atom. The van der Waals surface area contributed by atoms with Gasteiger partial charge < -0.3 is 19.5 Å². The Labute approximate surface area is 190 Å². The summed E-state index contributed by atoms with van der Waals surface area (Å²) in [7, 11) is 4.65. The van der Waals surface area contributed by atoms with Crippen LogP contribution in [0.1, 0.15) is 5.56 Å². The van der Waals surface area contributed by atoms with E-state index in [9.17, 15) is 4.79 Å². The molecule has 3 aromatic carbocycles. The van der Waals surface area contributed by atoms with E-state index >= 15 is 0 Å². The minimum atomic E-state index is -0.257. The molecule has 7 heteroatoms. The molecule has 0 aliphatic heterocycles. The second-order valence-electron chi connectivity index (χ2n) is 6.81. The van der Waals surface area contributed by atoms with Crippen molar-refractivity contribution < 1.29 is 19.0 Å². The first kappa shape index (κ1) is 21.4. The van der Waals surface area contributed by atoms with Crippen LogP contribution in [0.2, 0.25) is 0 Å². The molecule has 0 saturated heterocycles. The van der Waals surface area contributed by atoms with Crippen molar-refractivity contribution in [2.45, 2.75) is 0 Å². The van der Waals surface area contributed by atoms with Crippen LogP contribution in [-0.2, 0) is 4.79 Å². The molecule has 0 unspecified atom stereocenters. The fraction of sp³-hybridized carbons (Fsp3) is 0.120. The van der Waals surface area contributed by atoms with Crippen molar-refractivity contribution in [3.8, 4) is 27.8 Å².